The number of nitrogens with one attached hydrogen (secondary N) is 3. The van der Waals surface area contributed by atoms with Crippen LogP contribution in [0.15, 0.2) is 65.5 Å². The number of halogens is 4. The summed E-state index contributed by atoms with van der Waals surface area (Å²) in [6.07, 6.45) is 0.281. The van der Waals surface area contributed by atoms with Gasteiger partial charge in [0.1, 0.15) is 22.9 Å². The summed E-state index contributed by atoms with van der Waals surface area (Å²) < 4.78 is 14.6. The summed E-state index contributed by atoms with van der Waals surface area (Å²) >= 11 is 19.1. The van der Waals surface area contributed by atoms with Crippen molar-refractivity contribution in [2.45, 2.75) is 32.7 Å². The van der Waals surface area contributed by atoms with Gasteiger partial charge in [-0.1, -0.05) is 72.9 Å². The maximum atomic E-state index is 13.2. The van der Waals surface area contributed by atoms with Gasteiger partial charge in [-0.15, -0.1) is 0 Å². The van der Waals surface area contributed by atoms with Gasteiger partial charge in [-0.2, -0.15) is 4.98 Å². The van der Waals surface area contributed by atoms with E-state index >= 15 is 0 Å². The number of aromatic amines is 1. The summed E-state index contributed by atoms with van der Waals surface area (Å²) in [4.78, 5) is 34.5. The van der Waals surface area contributed by atoms with Gasteiger partial charge in [0, 0.05) is 23.7 Å². The van der Waals surface area contributed by atoms with Crippen LogP contribution in [0.4, 0.5) is 10.1 Å². The molecule has 0 aliphatic carbocycles. The minimum atomic E-state index is -0.410. The van der Waals surface area contributed by atoms with E-state index in [0.29, 0.717) is 55.9 Å². The molecule has 3 N–H and O–H groups in total. The Morgan fingerprint density at radius 3 is 2.26 bits per heavy atom. The van der Waals surface area contributed by atoms with Gasteiger partial charge >= 0.3 is 0 Å². The first-order valence-electron chi connectivity index (χ1n) is 13.1. The Balaban J connectivity index is 1.32. The van der Waals surface area contributed by atoms with Crippen molar-refractivity contribution in [1.29, 1.82) is 0 Å². The minimum Gasteiger partial charge on any atom is -0.325 e. The number of hydrogen-bond acceptors (Lipinski definition) is 5. The van der Waals surface area contributed by atoms with Crippen molar-refractivity contribution in [3.05, 3.63) is 115 Å². The predicted octanol–water partition coefficient (Wildman–Crippen LogP) is 6.60. The van der Waals surface area contributed by atoms with E-state index in [-0.39, 0.29) is 30.6 Å². The van der Waals surface area contributed by atoms with Crippen LogP contribution >= 0.6 is 34.8 Å². The quantitative estimate of drug-likeness (QED) is 0.171. The normalized spacial score (nSPS) is 11.4. The smallest absolute Gasteiger partial charge is 0.284 e. The van der Waals surface area contributed by atoms with Crippen molar-refractivity contribution in [2.24, 2.45) is 0 Å². The van der Waals surface area contributed by atoms with Crippen molar-refractivity contribution in [3.63, 3.8) is 0 Å². The van der Waals surface area contributed by atoms with Crippen LogP contribution in [0.25, 0.3) is 17.1 Å². The van der Waals surface area contributed by atoms with Crippen LogP contribution in [0.2, 0.25) is 15.1 Å². The van der Waals surface area contributed by atoms with Crippen LogP contribution in [0, 0.1) is 5.82 Å². The first-order valence-corrected chi connectivity index (χ1v) is 14.2. The third-order valence-electron chi connectivity index (χ3n) is 6.53. The van der Waals surface area contributed by atoms with Crippen LogP contribution < -0.4 is 16.2 Å². The number of carbonyl (C=O) groups is 1. The van der Waals surface area contributed by atoms with E-state index < -0.39 is 5.56 Å². The third-order valence-corrected chi connectivity index (χ3v) is 7.32. The zero-order chi connectivity index (χ0) is 30.0. The highest BCUT2D eigenvalue weighted by Gasteiger charge is 2.27. The molecule has 0 saturated heterocycles. The Morgan fingerprint density at radius 1 is 0.976 bits per heavy atom. The molecule has 2 heterocycles. The molecule has 1 amide bonds. The molecule has 0 spiro atoms. The number of carbonyl (C=O) groups excluding carboxylic acids is 1. The van der Waals surface area contributed by atoms with Gasteiger partial charge in [-0.25, -0.2) is 14.1 Å². The second-order valence-electron chi connectivity index (χ2n) is 10.0. The van der Waals surface area contributed by atoms with Crippen LogP contribution in [0.3, 0.4) is 0 Å². The van der Waals surface area contributed by atoms with E-state index in [1.165, 1.54) is 12.1 Å². The largest absolute Gasteiger partial charge is 0.325 e. The summed E-state index contributed by atoms with van der Waals surface area (Å²) in [6, 6.07) is 16.4. The van der Waals surface area contributed by atoms with E-state index in [0.717, 1.165) is 11.1 Å². The van der Waals surface area contributed by atoms with Crippen LogP contribution in [-0.4, -0.2) is 32.2 Å². The van der Waals surface area contributed by atoms with Crippen molar-refractivity contribution in [3.8, 4) is 17.1 Å². The predicted molar refractivity (Wildman–Crippen MR) is 164 cm³/mol. The molecule has 3 aromatic rings. The van der Waals surface area contributed by atoms with E-state index in [1.54, 1.807) is 41.1 Å². The van der Waals surface area contributed by atoms with Gasteiger partial charge < -0.3 is 10.6 Å². The second-order valence-corrected chi connectivity index (χ2v) is 11.3. The molecule has 216 valence electrons. The number of H-pyrrole nitrogens is 1. The van der Waals surface area contributed by atoms with Crippen LogP contribution in [-0.2, 0) is 17.8 Å². The highest BCUT2D eigenvalue weighted by molar-refractivity contribution is 6.40. The molecule has 42 heavy (non-hydrogen) atoms. The van der Waals surface area contributed by atoms with Crippen LogP contribution in [0.5, 0.6) is 0 Å². The molecule has 0 aromatic heterocycles. The second kappa shape index (κ2) is 12.6. The number of hydrogen-bond donors (Lipinski definition) is 3. The molecule has 2 aliphatic heterocycles. The van der Waals surface area contributed by atoms with Crippen molar-refractivity contribution < 1.29 is 9.18 Å². The Labute approximate surface area is 256 Å². The lowest BCUT2D eigenvalue weighted by Gasteiger charge is -2.12. The maximum absolute atomic E-state index is 13.2. The van der Waals surface area contributed by atoms with Gasteiger partial charge in [0.15, 0.2) is 5.82 Å². The Bertz CT molecular complexity index is 1740. The number of fused-ring (bicyclic) bond motifs is 1. The summed E-state index contributed by atoms with van der Waals surface area (Å²) in [7, 11) is 0. The van der Waals surface area contributed by atoms with E-state index in [1.807, 2.05) is 26.0 Å². The Hall–Kier alpha value is -3.76. The molecule has 0 radical (unpaired) electrons. The highest BCUT2D eigenvalue weighted by atomic mass is 35.5. The SMILES string of the molecule is CC(C)c1[nH]n(-c2c(Cl)cc(Cl)cc2Cl)c2nc(Cc3ccc(NC(=O)CNCc4ccc(F)cc4)cc3)nc(=O)c1-2. The van der Waals surface area contributed by atoms with Crippen molar-refractivity contribution in [1.82, 2.24) is 25.1 Å². The molecular weight excluding hydrogens is 602 g/mol. The van der Waals surface area contributed by atoms with Crippen LogP contribution in [0.1, 0.15) is 42.4 Å². The molecule has 8 nitrogen and oxygen atoms in total. The monoisotopic (exact) mass is 626 g/mol. The lowest BCUT2D eigenvalue weighted by atomic mass is 10.1. The number of benzene rings is 3. The first-order chi connectivity index (χ1) is 20.1. The summed E-state index contributed by atoms with van der Waals surface area (Å²) in [5, 5.41) is 10.1. The van der Waals surface area contributed by atoms with E-state index in [2.05, 4.69) is 20.7 Å². The molecule has 0 unspecified atom stereocenters. The summed E-state index contributed by atoms with van der Waals surface area (Å²) in [6.45, 7) is 4.44. The summed E-state index contributed by atoms with van der Waals surface area (Å²) in [5.74, 6) is 0.130. The first kappa shape index (κ1) is 29.7. The zero-order valence-electron chi connectivity index (χ0n) is 22.6. The minimum absolute atomic E-state index is 0.0263. The fraction of sp³-hybridized carbons (Fsp3) is 0.200. The molecule has 5 rings (SSSR count). The number of anilines is 1. The molecule has 2 aliphatic rings. The van der Waals surface area contributed by atoms with E-state index in [9.17, 15) is 14.0 Å². The number of rotatable bonds is 9. The topological polar surface area (TPSA) is 105 Å². The standard InChI is InChI=1S/C30H26Cl3FN6O2/c1-16(2)27-26-29(40(39-27)28-22(32)12-19(31)13-23(28)33)37-24(38-30(26)42)11-17-5-9-21(10-6-17)36-25(41)15-35-14-18-3-7-20(34)8-4-18/h3-10,12-13,16,35,39H,11,14-15H2,1-2H3,(H,36,41). The highest BCUT2D eigenvalue weighted by Crippen LogP contribution is 2.36. The lowest BCUT2D eigenvalue weighted by Crippen LogP contribution is -2.27. The summed E-state index contributed by atoms with van der Waals surface area (Å²) in [5.41, 5.74) is 3.38. The van der Waals surface area contributed by atoms with Gasteiger partial charge in [-0.05, 0) is 53.4 Å². The number of nitrogens with zero attached hydrogens (tertiary/aromatic N) is 3. The molecule has 0 atom stereocenters. The average Bonchev–Trinajstić information content (AvgIpc) is 3.30. The zero-order valence-corrected chi connectivity index (χ0v) is 24.9. The fourth-order valence-corrected chi connectivity index (χ4v) is 5.51. The number of amides is 1. The van der Waals surface area contributed by atoms with Gasteiger partial charge in [0.25, 0.3) is 5.56 Å². The van der Waals surface area contributed by atoms with Crippen molar-refractivity contribution >= 4 is 46.4 Å². The molecule has 0 bridgehead atoms. The van der Waals surface area contributed by atoms with Gasteiger partial charge in [-0.3, -0.25) is 14.7 Å². The molecule has 0 saturated carbocycles. The van der Waals surface area contributed by atoms with Crippen molar-refractivity contribution in [2.75, 3.05) is 11.9 Å². The van der Waals surface area contributed by atoms with Gasteiger partial charge in [0.2, 0.25) is 5.91 Å². The Morgan fingerprint density at radius 2 is 1.62 bits per heavy atom. The molecular formula is C30H26Cl3FN6O2. The lowest BCUT2D eigenvalue weighted by molar-refractivity contribution is -0.115. The molecule has 12 heteroatoms. The fourth-order valence-electron chi connectivity index (χ4n) is 4.52. The molecule has 3 aromatic carbocycles. The molecule has 0 fully saturated rings. The third kappa shape index (κ3) is 6.65. The van der Waals surface area contributed by atoms with E-state index in [4.69, 9.17) is 39.8 Å². The van der Waals surface area contributed by atoms with Gasteiger partial charge in [0.05, 0.1) is 22.3 Å². The average molecular weight is 628 g/mol. The maximum Gasteiger partial charge on any atom is 0.284 e. The Kier molecular flexibility index (Phi) is 8.93. The number of aromatic nitrogens is 4.